The standard InChI is InChI=1S/C15H21N3O/c1-11(7-10-19-3)14(16-2)12-5-4-6-13-15(12)18-9-8-17-13/h4-6,8-9,11,14,16H,7,10H2,1-3H3. The average molecular weight is 259 g/mol. The third-order valence-corrected chi connectivity index (χ3v) is 3.52. The zero-order chi connectivity index (χ0) is 13.7. The molecule has 2 rings (SSSR count). The van der Waals surface area contributed by atoms with Gasteiger partial charge in [-0.15, -0.1) is 0 Å². The Morgan fingerprint density at radius 1 is 1.26 bits per heavy atom. The zero-order valence-electron chi connectivity index (χ0n) is 11.8. The molecule has 0 radical (unpaired) electrons. The molecule has 19 heavy (non-hydrogen) atoms. The van der Waals surface area contributed by atoms with Crippen molar-refractivity contribution in [2.45, 2.75) is 19.4 Å². The van der Waals surface area contributed by atoms with Crippen molar-refractivity contribution in [3.05, 3.63) is 36.2 Å². The van der Waals surface area contributed by atoms with Gasteiger partial charge in [0.2, 0.25) is 0 Å². The smallest absolute Gasteiger partial charge is 0.0934 e. The fourth-order valence-electron chi connectivity index (χ4n) is 2.48. The number of para-hydroxylation sites is 1. The van der Waals surface area contributed by atoms with Gasteiger partial charge >= 0.3 is 0 Å². The summed E-state index contributed by atoms with van der Waals surface area (Å²) in [5.74, 6) is 0.470. The molecular weight excluding hydrogens is 238 g/mol. The minimum Gasteiger partial charge on any atom is -0.385 e. The molecule has 1 heterocycles. The van der Waals surface area contributed by atoms with Crippen molar-refractivity contribution in [3.8, 4) is 0 Å². The van der Waals surface area contributed by atoms with E-state index in [2.05, 4.69) is 28.3 Å². The minimum absolute atomic E-state index is 0.260. The number of hydrogen-bond donors (Lipinski definition) is 1. The van der Waals surface area contributed by atoms with E-state index in [0.29, 0.717) is 5.92 Å². The van der Waals surface area contributed by atoms with Crippen molar-refractivity contribution < 1.29 is 4.74 Å². The van der Waals surface area contributed by atoms with Gasteiger partial charge in [-0.3, -0.25) is 9.97 Å². The first-order valence-electron chi connectivity index (χ1n) is 6.63. The summed E-state index contributed by atoms with van der Waals surface area (Å²) in [7, 11) is 3.73. The van der Waals surface area contributed by atoms with E-state index in [-0.39, 0.29) is 6.04 Å². The van der Waals surface area contributed by atoms with Crippen LogP contribution >= 0.6 is 0 Å². The number of benzene rings is 1. The van der Waals surface area contributed by atoms with E-state index in [1.165, 1.54) is 5.56 Å². The topological polar surface area (TPSA) is 47.0 Å². The molecule has 1 aromatic heterocycles. The molecule has 0 aliphatic heterocycles. The van der Waals surface area contributed by atoms with Gasteiger partial charge in [0.25, 0.3) is 0 Å². The first-order chi connectivity index (χ1) is 9.27. The monoisotopic (exact) mass is 259 g/mol. The van der Waals surface area contributed by atoms with E-state index in [4.69, 9.17) is 4.74 Å². The molecule has 102 valence electrons. The van der Waals surface area contributed by atoms with Crippen LogP contribution < -0.4 is 5.32 Å². The van der Waals surface area contributed by atoms with Crippen molar-refractivity contribution in [2.75, 3.05) is 20.8 Å². The van der Waals surface area contributed by atoms with E-state index in [1.54, 1.807) is 19.5 Å². The second-order valence-electron chi connectivity index (χ2n) is 4.80. The van der Waals surface area contributed by atoms with E-state index >= 15 is 0 Å². The molecule has 1 aromatic carbocycles. The lowest BCUT2D eigenvalue weighted by molar-refractivity contribution is 0.171. The largest absolute Gasteiger partial charge is 0.385 e. The van der Waals surface area contributed by atoms with Crippen LogP contribution in [0.4, 0.5) is 0 Å². The molecule has 0 aliphatic carbocycles. The van der Waals surface area contributed by atoms with E-state index in [9.17, 15) is 0 Å². The summed E-state index contributed by atoms with van der Waals surface area (Å²) in [6.45, 7) is 3.01. The lowest BCUT2D eigenvalue weighted by Gasteiger charge is -2.24. The van der Waals surface area contributed by atoms with Crippen molar-refractivity contribution in [2.24, 2.45) is 5.92 Å². The predicted molar refractivity (Wildman–Crippen MR) is 77.0 cm³/mol. The number of rotatable bonds is 6. The van der Waals surface area contributed by atoms with Crippen molar-refractivity contribution >= 4 is 11.0 Å². The number of aromatic nitrogens is 2. The average Bonchev–Trinajstić information content (AvgIpc) is 2.46. The van der Waals surface area contributed by atoms with E-state index < -0.39 is 0 Å². The van der Waals surface area contributed by atoms with Crippen LogP contribution in [0, 0.1) is 5.92 Å². The number of fused-ring (bicyclic) bond motifs is 1. The summed E-state index contributed by atoms with van der Waals surface area (Å²) in [4.78, 5) is 8.84. The Morgan fingerprint density at radius 2 is 2.05 bits per heavy atom. The van der Waals surface area contributed by atoms with Crippen molar-refractivity contribution in [1.82, 2.24) is 15.3 Å². The van der Waals surface area contributed by atoms with Crippen LogP contribution in [0.2, 0.25) is 0 Å². The maximum Gasteiger partial charge on any atom is 0.0934 e. The molecule has 0 fully saturated rings. The molecule has 0 amide bonds. The highest BCUT2D eigenvalue weighted by atomic mass is 16.5. The third kappa shape index (κ3) is 3.08. The Labute approximate surface area is 114 Å². The molecule has 0 spiro atoms. The highest BCUT2D eigenvalue weighted by Crippen LogP contribution is 2.28. The van der Waals surface area contributed by atoms with Crippen LogP contribution in [0.25, 0.3) is 11.0 Å². The van der Waals surface area contributed by atoms with Gasteiger partial charge < -0.3 is 10.1 Å². The molecular formula is C15H21N3O. The van der Waals surface area contributed by atoms with E-state index in [0.717, 1.165) is 24.1 Å². The summed E-state index contributed by atoms with van der Waals surface area (Å²) >= 11 is 0. The fourth-order valence-corrected chi connectivity index (χ4v) is 2.48. The van der Waals surface area contributed by atoms with Crippen LogP contribution in [0.3, 0.4) is 0 Å². The van der Waals surface area contributed by atoms with Crippen molar-refractivity contribution in [3.63, 3.8) is 0 Å². The normalized spacial score (nSPS) is 14.5. The maximum absolute atomic E-state index is 5.17. The molecule has 4 heteroatoms. The van der Waals surface area contributed by atoms with Crippen LogP contribution in [-0.2, 0) is 4.74 Å². The quantitative estimate of drug-likeness (QED) is 0.866. The lowest BCUT2D eigenvalue weighted by atomic mass is 9.91. The second-order valence-corrected chi connectivity index (χ2v) is 4.80. The number of nitrogens with one attached hydrogen (secondary N) is 1. The molecule has 0 saturated carbocycles. The van der Waals surface area contributed by atoms with Gasteiger partial charge in [-0.1, -0.05) is 19.1 Å². The fraction of sp³-hybridized carbons (Fsp3) is 0.467. The molecule has 2 atom stereocenters. The van der Waals surface area contributed by atoms with Crippen LogP contribution in [-0.4, -0.2) is 30.7 Å². The Hall–Kier alpha value is -1.52. The molecule has 0 saturated heterocycles. The summed E-state index contributed by atoms with van der Waals surface area (Å²) in [5.41, 5.74) is 3.13. The summed E-state index contributed by atoms with van der Waals surface area (Å²) < 4.78 is 5.17. The Morgan fingerprint density at radius 3 is 2.79 bits per heavy atom. The van der Waals surface area contributed by atoms with Gasteiger partial charge in [-0.05, 0) is 31.0 Å². The summed E-state index contributed by atoms with van der Waals surface area (Å²) in [6.07, 6.45) is 4.49. The molecule has 4 nitrogen and oxygen atoms in total. The van der Waals surface area contributed by atoms with E-state index in [1.807, 2.05) is 19.2 Å². The van der Waals surface area contributed by atoms with Gasteiger partial charge in [0, 0.05) is 32.2 Å². The van der Waals surface area contributed by atoms with Crippen molar-refractivity contribution in [1.29, 1.82) is 0 Å². The minimum atomic E-state index is 0.260. The molecule has 0 bridgehead atoms. The Balaban J connectivity index is 2.35. The number of nitrogens with zero attached hydrogens (tertiary/aromatic N) is 2. The summed E-state index contributed by atoms with van der Waals surface area (Å²) in [6, 6.07) is 6.43. The first-order valence-corrected chi connectivity index (χ1v) is 6.63. The molecule has 0 aliphatic rings. The second kappa shape index (κ2) is 6.59. The SMILES string of the molecule is CNC(c1cccc2nccnc12)C(C)CCOC. The first kappa shape index (κ1) is 13.9. The Bertz CT molecular complexity index is 524. The maximum atomic E-state index is 5.17. The van der Waals surface area contributed by atoms with Gasteiger partial charge in [0.05, 0.1) is 11.0 Å². The van der Waals surface area contributed by atoms with Crippen LogP contribution in [0.5, 0.6) is 0 Å². The molecule has 2 unspecified atom stereocenters. The lowest BCUT2D eigenvalue weighted by Crippen LogP contribution is -2.24. The van der Waals surface area contributed by atoms with Crippen LogP contribution in [0.1, 0.15) is 24.9 Å². The van der Waals surface area contributed by atoms with Gasteiger partial charge in [0.1, 0.15) is 0 Å². The highest BCUT2D eigenvalue weighted by Gasteiger charge is 2.20. The zero-order valence-corrected chi connectivity index (χ0v) is 11.8. The van der Waals surface area contributed by atoms with Gasteiger partial charge in [0.15, 0.2) is 0 Å². The van der Waals surface area contributed by atoms with Crippen LogP contribution in [0.15, 0.2) is 30.6 Å². The number of hydrogen-bond acceptors (Lipinski definition) is 4. The Kier molecular flexibility index (Phi) is 4.82. The molecule has 2 aromatic rings. The predicted octanol–water partition coefficient (Wildman–Crippen LogP) is 2.56. The highest BCUT2D eigenvalue weighted by molar-refractivity contribution is 5.78. The number of methoxy groups -OCH3 is 1. The van der Waals surface area contributed by atoms with Gasteiger partial charge in [-0.25, -0.2) is 0 Å². The number of ether oxygens (including phenoxy) is 1. The molecule has 1 N–H and O–H groups in total. The third-order valence-electron chi connectivity index (χ3n) is 3.52. The summed E-state index contributed by atoms with van der Waals surface area (Å²) in [5, 5.41) is 3.40. The van der Waals surface area contributed by atoms with Gasteiger partial charge in [-0.2, -0.15) is 0 Å².